The van der Waals surface area contributed by atoms with Crippen LogP contribution in [0.15, 0.2) is 12.1 Å². The van der Waals surface area contributed by atoms with E-state index in [1.54, 1.807) is 0 Å². The predicted octanol–water partition coefficient (Wildman–Crippen LogP) is 1.78. The van der Waals surface area contributed by atoms with E-state index in [0.717, 1.165) is 0 Å². The van der Waals surface area contributed by atoms with Gasteiger partial charge in [0.15, 0.2) is 11.6 Å². The molecule has 0 saturated carbocycles. The normalized spacial score (nSPS) is 24.6. The molecule has 2 saturated heterocycles. The van der Waals surface area contributed by atoms with E-state index in [2.05, 4.69) is 5.32 Å². The minimum Gasteiger partial charge on any atom is -0.399 e. The molecular weight excluding hydrogens is 331 g/mol. The number of nitrogens with one attached hydrogen (secondary N) is 1. The first kappa shape index (κ1) is 18.3. The van der Waals surface area contributed by atoms with Crippen LogP contribution in [0.25, 0.3) is 0 Å². The molecule has 1 amide bonds. The molecule has 2 fully saturated rings. The van der Waals surface area contributed by atoms with Gasteiger partial charge in [-0.25, -0.2) is 8.78 Å². The van der Waals surface area contributed by atoms with Crippen molar-refractivity contribution >= 4 is 18.5 Å². The van der Waals surface area contributed by atoms with Gasteiger partial charge < -0.3 is 19.4 Å². The van der Waals surface area contributed by atoms with Gasteiger partial charge in [0.2, 0.25) is 0 Å². The van der Waals surface area contributed by atoms with E-state index in [4.69, 9.17) is 14.0 Å². The minimum atomic E-state index is -1.20. The Morgan fingerprint density at radius 2 is 1.80 bits per heavy atom. The first-order valence-electron chi connectivity index (χ1n) is 8.34. The van der Waals surface area contributed by atoms with Crippen LogP contribution in [0.3, 0.4) is 0 Å². The number of amides is 1. The van der Waals surface area contributed by atoms with Crippen molar-refractivity contribution < 1.29 is 27.6 Å². The van der Waals surface area contributed by atoms with Crippen molar-refractivity contribution in [3.63, 3.8) is 0 Å². The molecule has 2 aliphatic rings. The Bertz CT molecular complexity index is 673. The minimum absolute atomic E-state index is 0.0584. The number of hydrogen-bond acceptors (Lipinski definition) is 4. The number of ether oxygens (including phenoxy) is 1. The molecule has 3 rings (SSSR count). The summed E-state index contributed by atoms with van der Waals surface area (Å²) >= 11 is 0. The highest BCUT2D eigenvalue weighted by atomic mass is 19.2. The van der Waals surface area contributed by atoms with Crippen LogP contribution >= 0.6 is 0 Å². The molecule has 0 aromatic heterocycles. The maximum absolute atomic E-state index is 14.6. The van der Waals surface area contributed by atoms with Crippen LogP contribution in [0.2, 0.25) is 0 Å². The van der Waals surface area contributed by atoms with Crippen LogP contribution in [0.5, 0.6) is 0 Å². The number of rotatable bonds is 3. The summed E-state index contributed by atoms with van der Waals surface area (Å²) in [5.41, 5.74) is -1.74. The third-order valence-electron chi connectivity index (χ3n) is 5.13. The second-order valence-electron chi connectivity index (χ2n) is 7.45. The van der Waals surface area contributed by atoms with Crippen molar-refractivity contribution in [2.75, 3.05) is 13.2 Å². The van der Waals surface area contributed by atoms with Gasteiger partial charge in [-0.05, 0) is 40.2 Å². The van der Waals surface area contributed by atoms with Gasteiger partial charge in [0.1, 0.15) is 0 Å². The second kappa shape index (κ2) is 6.34. The van der Waals surface area contributed by atoms with E-state index < -0.39 is 35.9 Å². The zero-order chi connectivity index (χ0) is 18.4. The Hall–Kier alpha value is -1.51. The average molecular weight is 353 g/mol. The molecule has 1 aromatic rings. The lowest BCUT2D eigenvalue weighted by molar-refractivity contribution is 0.00578. The second-order valence-corrected chi connectivity index (χ2v) is 7.45. The fraction of sp³-hybridized carbons (Fsp3) is 0.588. The van der Waals surface area contributed by atoms with Crippen molar-refractivity contribution in [3.05, 3.63) is 29.3 Å². The summed E-state index contributed by atoms with van der Waals surface area (Å²) in [4.78, 5) is 12.2. The third-order valence-corrected chi connectivity index (χ3v) is 5.13. The van der Waals surface area contributed by atoms with Crippen LogP contribution in [-0.2, 0) is 14.0 Å². The highest BCUT2D eigenvalue weighted by molar-refractivity contribution is 6.62. The Kier molecular flexibility index (Phi) is 4.64. The van der Waals surface area contributed by atoms with E-state index in [1.165, 1.54) is 12.1 Å². The summed E-state index contributed by atoms with van der Waals surface area (Å²) in [5.74, 6) is -3.00. The quantitative estimate of drug-likeness (QED) is 0.842. The van der Waals surface area contributed by atoms with E-state index >= 15 is 0 Å². The van der Waals surface area contributed by atoms with Gasteiger partial charge >= 0.3 is 7.12 Å². The zero-order valence-electron chi connectivity index (χ0n) is 14.8. The van der Waals surface area contributed by atoms with E-state index in [-0.39, 0.29) is 17.1 Å². The van der Waals surface area contributed by atoms with Gasteiger partial charge in [-0.15, -0.1) is 0 Å². The van der Waals surface area contributed by atoms with Crippen molar-refractivity contribution in [1.82, 2.24) is 5.32 Å². The summed E-state index contributed by atoms with van der Waals surface area (Å²) in [7, 11) is -1.03. The summed E-state index contributed by atoms with van der Waals surface area (Å²) < 4.78 is 45.7. The number of carbonyl (C=O) groups excluding carboxylic acids is 1. The lowest BCUT2D eigenvalue weighted by Crippen LogP contribution is -2.41. The number of benzene rings is 1. The Balaban J connectivity index is 1.82. The highest BCUT2D eigenvalue weighted by Crippen LogP contribution is 2.36. The maximum atomic E-state index is 14.6. The molecule has 2 heterocycles. The largest absolute Gasteiger partial charge is 0.497 e. The molecule has 136 valence electrons. The van der Waals surface area contributed by atoms with Crippen molar-refractivity contribution in [2.24, 2.45) is 0 Å². The summed E-state index contributed by atoms with van der Waals surface area (Å²) in [5, 5.41) is 2.65. The predicted molar refractivity (Wildman–Crippen MR) is 88.8 cm³/mol. The molecule has 8 heteroatoms. The standard InChI is InChI=1S/C17H22BF2NO4/c1-16(2)17(3,4)25-18(24-16)12-6-5-11(13(19)14(12)20)15(22)21-10-7-8-23-9-10/h5-6,10H,7-9H2,1-4H3,(H,21,22). The summed E-state index contributed by atoms with van der Waals surface area (Å²) in [6.07, 6.45) is 0.655. The molecule has 0 aliphatic carbocycles. The van der Waals surface area contributed by atoms with Crippen LogP contribution < -0.4 is 10.8 Å². The smallest absolute Gasteiger partial charge is 0.399 e. The van der Waals surface area contributed by atoms with Crippen LogP contribution in [-0.4, -0.2) is 43.5 Å². The van der Waals surface area contributed by atoms with E-state index in [0.29, 0.717) is 19.6 Å². The molecule has 1 aromatic carbocycles. The van der Waals surface area contributed by atoms with Crippen molar-refractivity contribution in [1.29, 1.82) is 0 Å². The lowest BCUT2D eigenvalue weighted by Gasteiger charge is -2.32. The monoisotopic (exact) mass is 353 g/mol. The number of halogens is 2. The highest BCUT2D eigenvalue weighted by Gasteiger charge is 2.52. The molecule has 1 atom stereocenters. The van der Waals surface area contributed by atoms with Gasteiger partial charge in [0, 0.05) is 12.1 Å². The van der Waals surface area contributed by atoms with Crippen molar-refractivity contribution in [3.8, 4) is 0 Å². The SMILES string of the molecule is CC1(C)OB(c2ccc(C(=O)NC3CCOC3)c(F)c2F)OC1(C)C. The lowest BCUT2D eigenvalue weighted by atomic mass is 9.78. The first-order chi connectivity index (χ1) is 11.6. The van der Waals surface area contributed by atoms with Gasteiger partial charge in [-0.3, -0.25) is 4.79 Å². The molecular formula is C17H22BF2NO4. The molecule has 2 aliphatic heterocycles. The summed E-state index contributed by atoms with van der Waals surface area (Å²) in [6, 6.07) is 2.41. The summed E-state index contributed by atoms with van der Waals surface area (Å²) in [6.45, 7) is 8.23. The molecule has 25 heavy (non-hydrogen) atoms. The Morgan fingerprint density at radius 1 is 1.16 bits per heavy atom. The van der Waals surface area contributed by atoms with Crippen LogP contribution in [0.4, 0.5) is 8.78 Å². The third kappa shape index (κ3) is 3.30. The van der Waals surface area contributed by atoms with E-state index in [1.807, 2.05) is 27.7 Å². The topological polar surface area (TPSA) is 56.8 Å². The van der Waals surface area contributed by atoms with Gasteiger partial charge in [-0.2, -0.15) is 0 Å². The zero-order valence-corrected chi connectivity index (χ0v) is 14.8. The molecule has 5 nitrogen and oxygen atoms in total. The van der Waals surface area contributed by atoms with Crippen molar-refractivity contribution in [2.45, 2.75) is 51.4 Å². The molecule has 1 N–H and O–H groups in total. The molecule has 0 spiro atoms. The average Bonchev–Trinajstić information content (AvgIpc) is 3.08. The van der Waals surface area contributed by atoms with Gasteiger partial charge in [0.25, 0.3) is 5.91 Å². The molecule has 0 bridgehead atoms. The number of hydrogen-bond donors (Lipinski definition) is 1. The maximum Gasteiger partial charge on any atom is 0.497 e. The molecule has 0 radical (unpaired) electrons. The fourth-order valence-corrected chi connectivity index (χ4v) is 2.80. The van der Waals surface area contributed by atoms with Crippen LogP contribution in [0.1, 0.15) is 44.5 Å². The fourth-order valence-electron chi connectivity index (χ4n) is 2.80. The number of carbonyl (C=O) groups is 1. The van der Waals surface area contributed by atoms with Gasteiger partial charge in [0.05, 0.1) is 29.4 Å². The van der Waals surface area contributed by atoms with Gasteiger partial charge in [-0.1, -0.05) is 6.07 Å². The Labute approximate surface area is 146 Å². The molecule has 1 unspecified atom stereocenters. The Morgan fingerprint density at radius 3 is 2.36 bits per heavy atom. The van der Waals surface area contributed by atoms with E-state index in [9.17, 15) is 13.6 Å². The van der Waals surface area contributed by atoms with Crippen LogP contribution in [0, 0.1) is 11.6 Å². The first-order valence-corrected chi connectivity index (χ1v) is 8.34.